The van der Waals surface area contributed by atoms with Crippen molar-refractivity contribution in [2.75, 3.05) is 7.05 Å². The number of aromatic nitrogens is 2. The molecule has 0 aliphatic heterocycles. The second kappa shape index (κ2) is 10.6. The van der Waals surface area contributed by atoms with Gasteiger partial charge >= 0.3 is 0 Å². The molecule has 0 fully saturated rings. The Balaban J connectivity index is 0.00000127. The highest BCUT2D eigenvalue weighted by molar-refractivity contribution is 7.98. The highest BCUT2D eigenvalue weighted by Gasteiger charge is 2.09. The van der Waals surface area contributed by atoms with Crippen molar-refractivity contribution >= 4 is 23.5 Å². The van der Waals surface area contributed by atoms with Crippen molar-refractivity contribution < 1.29 is 4.42 Å². The molecular weight excluding hydrogens is 306 g/mol. The third-order valence-electron chi connectivity index (χ3n) is 2.72. The van der Waals surface area contributed by atoms with Crippen molar-refractivity contribution in [3.8, 4) is 0 Å². The fourth-order valence-electron chi connectivity index (χ4n) is 1.71. The van der Waals surface area contributed by atoms with Gasteiger partial charge in [-0.15, -0.1) is 10.2 Å². The molecule has 4 nitrogen and oxygen atoms in total. The maximum absolute atomic E-state index is 5.63. The average Bonchev–Trinajstić information content (AvgIpc) is 3.04. The van der Waals surface area contributed by atoms with Crippen molar-refractivity contribution in [3.63, 3.8) is 0 Å². The van der Waals surface area contributed by atoms with Gasteiger partial charge in [0.2, 0.25) is 5.89 Å². The van der Waals surface area contributed by atoms with E-state index in [2.05, 4.69) is 46.9 Å². The number of hydrogen-bond acceptors (Lipinski definition) is 5. The maximum Gasteiger partial charge on any atom is 0.277 e. The van der Waals surface area contributed by atoms with Crippen molar-refractivity contribution in [1.29, 1.82) is 0 Å². The minimum atomic E-state index is 0.455. The summed E-state index contributed by atoms with van der Waals surface area (Å²) in [7, 11) is 1.70. The summed E-state index contributed by atoms with van der Waals surface area (Å²) in [6, 6.07) is 8.36. The van der Waals surface area contributed by atoms with Gasteiger partial charge in [0, 0.05) is 24.6 Å². The monoisotopic (exact) mass is 329 g/mol. The lowest BCUT2D eigenvalue weighted by Gasteiger charge is -1.99. The number of allylic oxidation sites excluding steroid dienone is 3. The van der Waals surface area contributed by atoms with Gasteiger partial charge in [0.1, 0.15) is 0 Å². The van der Waals surface area contributed by atoms with E-state index in [9.17, 15) is 0 Å². The lowest BCUT2D eigenvalue weighted by Crippen LogP contribution is -1.81. The number of aryl methyl sites for hydroxylation is 1. The predicted octanol–water partition coefficient (Wildman–Crippen LogP) is 4.97. The van der Waals surface area contributed by atoms with E-state index in [1.165, 1.54) is 22.9 Å². The van der Waals surface area contributed by atoms with Crippen molar-refractivity contribution in [3.05, 3.63) is 60.0 Å². The zero-order chi connectivity index (χ0) is 17.1. The summed E-state index contributed by atoms with van der Waals surface area (Å²) in [5.41, 5.74) is 3.24. The van der Waals surface area contributed by atoms with Crippen LogP contribution in [0.25, 0.3) is 5.57 Å². The SMILES string of the molecule is C=C/C(=C\C=NC)c1nnc(SCc2cccc(C)c2)o1.CC. The number of thioether (sulfide) groups is 1. The van der Waals surface area contributed by atoms with E-state index >= 15 is 0 Å². The second-order valence-electron chi connectivity index (χ2n) is 4.38. The molecule has 1 heterocycles. The number of benzene rings is 1. The van der Waals surface area contributed by atoms with Crippen molar-refractivity contribution in [2.45, 2.75) is 31.7 Å². The Bertz CT molecular complexity index is 674. The molecule has 1 aromatic carbocycles. The van der Waals surface area contributed by atoms with Gasteiger partial charge in [0.05, 0.1) is 0 Å². The number of aliphatic imine (C=N–C) groups is 1. The van der Waals surface area contributed by atoms with Crippen LogP contribution in [0.4, 0.5) is 0 Å². The Morgan fingerprint density at radius 2 is 2.13 bits per heavy atom. The molecule has 2 aromatic rings. The summed E-state index contributed by atoms with van der Waals surface area (Å²) in [5.74, 6) is 1.25. The molecule has 0 unspecified atom stereocenters. The standard InChI is InChI=1S/C16H17N3OS.C2H6/c1-4-14(8-9-17-3)15-18-19-16(20-15)21-11-13-7-5-6-12(2)10-13;1-2/h4-10H,1,11H2,2-3H3;1-2H3/b14-8+,17-9?;. The van der Waals surface area contributed by atoms with Gasteiger partial charge < -0.3 is 4.42 Å². The van der Waals surface area contributed by atoms with Gasteiger partial charge in [-0.05, 0) is 18.6 Å². The summed E-state index contributed by atoms with van der Waals surface area (Å²) in [6.07, 6.45) is 5.13. The molecule has 122 valence electrons. The molecular formula is C18H23N3OS. The first-order valence-corrected chi connectivity index (χ1v) is 8.48. The van der Waals surface area contributed by atoms with Gasteiger partial charge in [0.15, 0.2) is 0 Å². The summed E-state index contributed by atoms with van der Waals surface area (Å²) < 4.78 is 5.63. The van der Waals surface area contributed by atoms with Crippen LogP contribution in [0.3, 0.4) is 0 Å². The summed E-state index contributed by atoms with van der Waals surface area (Å²) in [6.45, 7) is 9.82. The fourth-order valence-corrected chi connectivity index (χ4v) is 2.42. The van der Waals surface area contributed by atoms with Crippen LogP contribution in [0.2, 0.25) is 0 Å². The Morgan fingerprint density at radius 3 is 2.78 bits per heavy atom. The fraction of sp³-hybridized carbons (Fsp3) is 0.278. The molecule has 0 N–H and O–H groups in total. The van der Waals surface area contributed by atoms with Gasteiger partial charge in [-0.1, -0.05) is 68.1 Å². The molecule has 0 atom stereocenters. The molecule has 0 saturated heterocycles. The van der Waals surface area contributed by atoms with Gasteiger partial charge in [0.25, 0.3) is 5.22 Å². The third-order valence-corrected chi connectivity index (χ3v) is 3.61. The topological polar surface area (TPSA) is 51.3 Å². The van der Waals surface area contributed by atoms with Crippen molar-refractivity contribution in [2.24, 2.45) is 4.99 Å². The van der Waals surface area contributed by atoms with E-state index in [4.69, 9.17) is 4.42 Å². The Hall–Kier alpha value is -2.14. The minimum absolute atomic E-state index is 0.455. The third kappa shape index (κ3) is 6.24. The van der Waals surface area contributed by atoms with Crippen LogP contribution in [-0.4, -0.2) is 23.5 Å². The Morgan fingerprint density at radius 1 is 1.35 bits per heavy atom. The smallest absolute Gasteiger partial charge is 0.277 e. The Labute approximate surface area is 142 Å². The van der Waals surface area contributed by atoms with E-state index in [1.807, 2.05) is 19.9 Å². The van der Waals surface area contributed by atoms with Crippen LogP contribution in [-0.2, 0) is 5.75 Å². The summed E-state index contributed by atoms with van der Waals surface area (Å²) in [5, 5.41) is 8.62. The predicted molar refractivity (Wildman–Crippen MR) is 99.0 cm³/mol. The van der Waals surface area contributed by atoms with E-state index in [1.54, 1.807) is 25.4 Å². The summed E-state index contributed by atoms with van der Waals surface area (Å²) >= 11 is 1.52. The maximum atomic E-state index is 5.63. The Kier molecular flexibility index (Phi) is 8.68. The van der Waals surface area contributed by atoms with Crippen molar-refractivity contribution in [1.82, 2.24) is 10.2 Å². The van der Waals surface area contributed by atoms with E-state index in [0.29, 0.717) is 11.1 Å². The van der Waals surface area contributed by atoms with Crippen LogP contribution in [0.5, 0.6) is 0 Å². The molecule has 5 heteroatoms. The zero-order valence-electron chi connectivity index (χ0n) is 14.1. The molecule has 0 aliphatic rings. The first kappa shape index (κ1) is 18.9. The van der Waals surface area contributed by atoms with Gasteiger partial charge in [-0.3, -0.25) is 4.99 Å². The van der Waals surface area contributed by atoms with Gasteiger partial charge in [-0.25, -0.2) is 0 Å². The van der Waals surface area contributed by atoms with E-state index in [0.717, 1.165) is 11.3 Å². The lowest BCUT2D eigenvalue weighted by atomic mass is 10.2. The van der Waals surface area contributed by atoms with Crippen LogP contribution in [0.1, 0.15) is 30.9 Å². The zero-order valence-corrected chi connectivity index (χ0v) is 14.9. The molecule has 0 bridgehead atoms. The molecule has 0 spiro atoms. The second-order valence-corrected chi connectivity index (χ2v) is 5.31. The van der Waals surface area contributed by atoms with E-state index in [-0.39, 0.29) is 0 Å². The van der Waals surface area contributed by atoms with Crippen LogP contribution >= 0.6 is 11.8 Å². The van der Waals surface area contributed by atoms with E-state index < -0.39 is 0 Å². The summed E-state index contributed by atoms with van der Waals surface area (Å²) in [4.78, 5) is 3.90. The highest BCUT2D eigenvalue weighted by Crippen LogP contribution is 2.24. The minimum Gasteiger partial charge on any atom is -0.411 e. The lowest BCUT2D eigenvalue weighted by molar-refractivity contribution is 0.444. The number of nitrogens with zero attached hydrogens (tertiary/aromatic N) is 3. The average molecular weight is 329 g/mol. The normalized spacial score (nSPS) is 11.2. The molecule has 23 heavy (non-hydrogen) atoms. The molecule has 0 saturated carbocycles. The molecule has 0 aliphatic carbocycles. The number of hydrogen-bond donors (Lipinski definition) is 0. The first-order valence-electron chi connectivity index (χ1n) is 7.50. The molecule has 0 radical (unpaired) electrons. The molecule has 0 amide bonds. The quantitative estimate of drug-likeness (QED) is 0.427. The first-order chi connectivity index (χ1) is 11.2. The molecule has 2 rings (SSSR count). The number of rotatable bonds is 6. The van der Waals surface area contributed by atoms with Gasteiger partial charge in [-0.2, -0.15) is 0 Å². The highest BCUT2D eigenvalue weighted by atomic mass is 32.2. The van der Waals surface area contributed by atoms with Crippen LogP contribution in [0, 0.1) is 6.92 Å². The molecule has 1 aromatic heterocycles. The largest absolute Gasteiger partial charge is 0.411 e. The van der Waals surface area contributed by atoms with Crippen LogP contribution < -0.4 is 0 Å². The van der Waals surface area contributed by atoms with Crippen LogP contribution in [0.15, 0.2) is 57.6 Å².